The molecule has 0 bridgehead atoms. The number of ether oxygens (including phenoxy) is 1. The van der Waals surface area contributed by atoms with Crippen LogP contribution in [0, 0.1) is 11.8 Å². The highest BCUT2D eigenvalue weighted by Crippen LogP contribution is 2.34. The Hall–Kier alpha value is -1.90. The van der Waals surface area contributed by atoms with E-state index in [0.29, 0.717) is 32.2 Å². The lowest BCUT2D eigenvalue weighted by molar-refractivity contribution is -0.142. The molecule has 4 rings (SSSR count). The quantitative estimate of drug-likeness (QED) is 0.713. The molecule has 4 heterocycles. The summed E-state index contributed by atoms with van der Waals surface area (Å²) in [5.41, 5.74) is -0.906. The second-order valence-corrected chi connectivity index (χ2v) is 8.90. The minimum absolute atomic E-state index is 0.0629. The van der Waals surface area contributed by atoms with Gasteiger partial charge < -0.3 is 14.5 Å². The summed E-state index contributed by atoms with van der Waals surface area (Å²) >= 11 is 0. The Morgan fingerprint density at radius 1 is 1.00 bits per heavy atom. The number of aromatic nitrogens is 2. The van der Waals surface area contributed by atoms with Gasteiger partial charge in [-0.05, 0) is 50.5 Å². The Bertz CT molecular complexity index is 747. The molecule has 0 N–H and O–H groups in total. The monoisotopic (exact) mass is 440 g/mol. The van der Waals surface area contributed by atoms with E-state index >= 15 is 0 Å². The van der Waals surface area contributed by atoms with Gasteiger partial charge >= 0.3 is 6.18 Å². The van der Waals surface area contributed by atoms with E-state index in [4.69, 9.17) is 4.74 Å². The van der Waals surface area contributed by atoms with Gasteiger partial charge in [-0.1, -0.05) is 12.8 Å². The molecule has 0 saturated carbocycles. The first-order valence-corrected chi connectivity index (χ1v) is 11.5. The number of alkyl halides is 3. The zero-order valence-corrected chi connectivity index (χ0v) is 17.8. The molecule has 1 unspecified atom stereocenters. The molecule has 3 saturated heterocycles. The summed E-state index contributed by atoms with van der Waals surface area (Å²) in [6.45, 7) is 3.36. The number of carbonyl (C=O) groups excluding carboxylic acids is 1. The smallest absolute Gasteiger partial charge is 0.381 e. The molecule has 1 aromatic heterocycles. The van der Waals surface area contributed by atoms with Crippen molar-refractivity contribution >= 4 is 11.9 Å². The van der Waals surface area contributed by atoms with E-state index < -0.39 is 11.9 Å². The van der Waals surface area contributed by atoms with Gasteiger partial charge in [-0.25, -0.2) is 9.97 Å². The van der Waals surface area contributed by atoms with Crippen molar-refractivity contribution < 1.29 is 22.7 Å². The van der Waals surface area contributed by atoms with Gasteiger partial charge in [0.05, 0.1) is 0 Å². The fourth-order valence-electron chi connectivity index (χ4n) is 5.22. The van der Waals surface area contributed by atoms with Gasteiger partial charge in [0, 0.05) is 51.0 Å². The van der Waals surface area contributed by atoms with E-state index in [1.165, 1.54) is 6.20 Å². The fraction of sp³-hybridized carbons (Fsp3) is 0.773. The molecule has 1 amide bonds. The maximum atomic E-state index is 13.3. The molecule has 6 nitrogen and oxygen atoms in total. The summed E-state index contributed by atoms with van der Waals surface area (Å²) in [6.07, 6.45) is 4.30. The standard InChI is InChI=1S/C22H31F3N4O2/c23-22(24,25)19-5-10-26-21(27-19)28-12-6-16(7-13-28)18-4-2-1-3-11-29(18)20(30)17-8-14-31-15-9-17/h5,10,16-18H,1-4,6-9,11-15H2. The van der Waals surface area contributed by atoms with E-state index in [2.05, 4.69) is 14.9 Å². The van der Waals surface area contributed by atoms with Crippen LogP contribution in [0.25, 0.3) is 0 Å². The molecule has 9 heteroatoms. The van der Waals surface area contributed by atoms with Crippen LogP contribution in [0.4, 0.5) is 19.1 Å². The van der Waals surface area contributed by atoms with Gasteiger partial charge in [-0.3, -0.25) is 4.79 Å². The molecule has 1 aromatic rings. The molecule has 31 heavy (non-hydrogen) atoms. The second kappa shape index (κ2) is 9.71. The lowest BCUT2D eigenvalue weighted by atomic mass is 9.85. The van der Waals surface area contributed by atoms with E-state index in [-0.39, 0.29) is 23.8 Å². The van der Waals surface area contributed by atoms with Gasteiger partial charge in [-0.2, -0.15) is 13.2 Å². The minimum atomic E-state index is -4.47. The maximum absolute atomic E-state index is 13.3. The second-order valence-electron chi connectivity index (χ2n) is 8.90. The first kappa shape index (κ1) is 22.3. The molecule has 0 aromatic carbocycles. The van der Waals surface area contributed by atoms with Crippen LogP contribution in [0.2, 0.25) is 0 Å². The van der Waals surface area contributed by atoms with Crippen LogP contribution in [-0.4, -0.2) is 59.7 Å². The molecular formula is C22H31F3N4O2. The number of amides is 1. The van der Waals surface area contributed by atoms with Crippen molar-refractivity contribution in [1.82, 2.24) is 14.9 Å². The van der Waals surface area contributed by atoms with Gasteiger partial charge in [0.1, 0.15) is 5.69 Å². The summed E-state index contributed by atoms with van der Waals surface area (Å²) in [7, 11) is 0. The first-order valence-electron chi connectivity index (χ1n) is 11.5. The fourth-order valence-corrected chi connectivity index (χ4v) is 5.22. The van der Waals surface area contributed by atoms with Gasteiger partial charge in [0.15, 0.2) is 0 Å². The predicted octanol–water partition coefficient (Wildman–Crippen LogP) is 3.91. The Morgan fingerprint density at radius 2 is 1.74 bits per heavy atom. The van der Waals surface area contributed by atoms with Crippen molar-refractivity contribution in [1.29, 1.82) is 0 Å². The predicted molar refractivity (Wildman–Crippen MR) is 109 cm³/mol. The maximum Gasteiger partial charge on any atom is 0.433 e. The summed E-state index contributed by atoms with van der Waals surface area (Å²) in [4.78, 5) is 25.1. The number of likely N-dealkylation sites (tertiary alicyclic amines) is 1. The third-order valence-corrected chi connectivity index (χ3v) is 6.95. The SMILES string of the molecule is O=C(C1CCOCC1)N1CCCCCC1C1CCN(c2nccc(C(F)(F)F)n2)CC1. The summed E-state index contributed by atoms with van der Waals surface area (Å²) in [5, 5.41) is 0. The van der Waals surface area contributed by atoms with Crippen molar-refractivity contribution in [3.05, 3.63) is 18.0 Å². The van der Waals surface area contributed by atoms with Gasteiger partial charge in [0.25, 0.3) is 0 Å². The highest BCUT2D eigenvalue weighted by atomic mass is 19.4. The number of hydrogen-bond acceptors (Lipinski definition) is 5. The molecule has 3 aliphatic heterocycles. The van der Waals surface area contributed by atoms with Crippen LogP contribution in [0.1, 0.15) is 57.1 Å². The average Bonchev–Trinajstić information content (AvgIpc) is 3.05. The van der Waals surface area contributed by atoms with E-state index in [1.54, 1.807) is 0 Å². The molecule has 0 spiro atoms. The van der Waals surface area contributed by atoms with Crippen LogP contribution in [-0.2, 0) is 15.7 Å². The Balaban J connectivity index is 1.42. The molecule has 0 radical (unpaired) electrons. The highest BCUT2D eigenvalue weighted by Gasteiger charge is 2.38. The van der Waals surface area contributed by atoms with Crippen molar-refractivity contribution in [2.75, 3.05) is 37.7 Å². The topological polar surface area (TPSA) is 58.6 Å². The van der Waals surface area contributed by atoms with Crippen molar-refractivity contribution in [2.24, 2.45) is 11.8 Å². The van der Waals surface area contributed by atoms with E-state index in [0.717, 1.165) is 64.0 Å². The zero-order valence-electron chi connectivity index (χ0n) is 17.8. The molecular weight excluding hydrogens is 409 g/mol. The first-order chi connectivity index (χ1) is 14.9. The van der Waals surface area contributed by atoms with Crippen LogP contribution in [0.3, 0.4) is 0 Å². The number of anilines is 1. The van der Waals surface area contributed by atoms with Crippen molar-refractivity contribution in [3.63, 3.8) is 0 Å². The third-order valence-electron chi connectivity index (χ3n) is 6.95. The van der Waals surface area contributed by atoms with Crippen molar-refractivity contribution in [3.8, 4) is 0 Å². The number of rotatable bonds is 3. The molecule has 3 aliphatic rings. The lowest BCUT2D eigenvalue weighted by Crippen LogP contribution is -2.50. The normalized spacial score (nSPS) is 24.8. The molecule has 172 valence electrons. The van der Waals surface area contributed by atoms with Crippen LogP contribution >= 0.6 is 0 Å². The van der Waals surface area contributed by atoms with Gasteiger partial charge in [-0.15, -0.1) is 0 Å². The minimum Gasteiger partial charge on any atom is -0.381 e. The van der Waals surface area contributed by atoms with Crippen LogP contribution in [0.15, 0.2) is 12.3 Å². The largest absolute Gasteiger partial charge is 0.433 e. The molecule has 0 aliphatic carbocycles. The number of halogens is 3. The number of nitrogens with zero attached hydrogens (tertiary/aromatic N) is 4. The molecule has 1 atom stereocenters. The van der Waals surface area contributed by atoms with Crippen LogP contribution in [0.5, 0.6) is 0 Å². The highest BCUT2D eigenvalue weighted by molar-refractivity contribution is 5.79. The number of carbonyl (C=O) groups is 1. The van der Waals surface area contributed by atoms with Gasteiger partial charge in [0.2, 0.25) is 11.9 Å². The van der Waals surface area contributed by atoms with Crippen LogP contribution < -0.4 is 4.90 Å². The third kappa shape index (κ3) is 5.30. The average molecular weight is 441 g/mol. The zero-order chi connectivity index (χ0) is 21.8. The summed E-state index contributed by atoms with van der Waals surface area (Å²) < 4.78 is 44.4. The Morgan fingerprint density at radius 3 is 2.45 bits per heavy atom. The summed E-state index contributed by atoms with van der Waals surface area (Å²) in [5.74, 6) is 0.847. The van der Waals surface area contributed by atoms with E-state index in [1.807, 2.05) is 4.90 Å². The lowest BCUT2D eigenvalue weighted by Gasteiger charge is -2.42. The molecule has 3 fully saturated rings. The van der Waals surface area contributed by atoms with Crippen molar-refractivity contribution in [2.45, 2.75) is 63.6 Å². The number of hydrogen-bond donors (Lipinski definition) is 0. The Labute approximate surface area is 181 Å². The number of piperidine rings is 1. The Kier molecular flexibility index (Phi) is 6.99. The summed E-state index contributed by atoms with van der Waals surface area (Å²) in [6, 6.07) is 1.13. The van der Waals surface area contributed by atoms with E-state index in [9.17, 15) is 18.0 Å².